The molecule has 1 aromatic carbocycles. The molecule has 0 amide bonds. The summed E-state index contributed by atoms with van der Waals surface area (Å²) in [5.74, 6) is 0.949. The van der Waals surface area contributed by atoms with Crippen LogP contribution >= 0.6 is 0 Å². The minimum atomic E-state index is 0.949. The normalized spacial score (nSPS) is 10.9. The van der Waals surface area contributed by atoms with E-state index in [0.29, 0.717) is 0 Å². The third kappa shape index (κ3) is 12.7. The van der Waals surface area contributed by atoms with Crippen LogP contribution in [-0.4, -0.2) is 0 Å². The highest BCUT2D eigenvalue weighted by Crippen LogP contribution is 2.14. The Balaban J connectivity index is 0. The van der Waals surface area contributed by atoms with Crippen LogP contribution in [0.1, 0.15) is 90.3 Å². The van der Waals surface area contributed by atoms with E-state index in [0.717, 1.165) is 5.92 Å². The van der Waals surface area contributed by atoms with Gasteiger partial charge in [-0.25, -0.2) is 0 Å². The van der Waals surface area contributed by atoms with Gasteiger partial charge < -0.3 is 0 Å². The summed E-state index contributed by atoms with van der Waals surface area (Å²) in [5.41, 5.74) is 4.41. The summed E-state index contributed by atoms with van der Waals surface area (Å²) in [6.07, 6.45) is 7.80. The highest BCUT2D eigenvalue weighted by Gasteiger charge is 1.98. The second kappa shape index (κ2) is 15.6. The Morgan fingerprint density at radius 1 is 0.857 bits per heavy atom. The first kappa shape index (κ1) is 22.5. The van der Waals surface area contributed by atoms with Gasteiger partial charge in [0, 0.05) is 0 Å². The smallest absolute Gasteiger partial charge is 0.0276 e. The van der Waals surface area contributed by atoms with Gasteiger partial charge in [-0.15, -0.1) is 0 Å². The van der Waals surface area contributed by atoms with E-state index in [4.69, 9.17) is 0 Å². The van der Waals surface area contributed by atoms with Gasteiger partial charge in [0.15, 0.2) is 0 Å². The van der Waals surface area contributed by atoms with Crippen LogP contribution in [0.5, 0.6) is 0 Å². The fourth-order valence-electron chi connectivity index (χ4n) is 2.19. The monoisotopic (exact) mass is 292 g/mol. The quantitative estimate of drug-likeness (QED) is 0.527. The summed E-state index contributed by atoms with van der Waals surface area (Å²) in [7, 11) is 0. The minimum Gasteiger partial charge on any atom is -0.0656 e. The van der Waals surface area contributed by atoms with Crippen molar-refractivity contribution in [2.75, 3.05) is 0 Å². The summed E-state index contributed by atoms with van der Waals surface area (Å²) in [4.78, 5) is 0. The van der Waals surface area contributed by atoms with Gasteiger partial charge in [-0.1, -0.05) is 91.8 Å². The summed E-state index contributed by atoms with van der Waals surface area (Å²) in [6.45, 7) is 17.7. The number of benzene rings is 1. The molecule has 0 fully saturated rings. The molecule has 1 rings (SSSR count). The molecule has 0 saturated carbocycles. The van der Waals surface area contributed by atoms with Crippen molar-refractivity contribution >= 4 is 0 Å². The lowest BCUT2D eigenvalue weighted by atomic mass is 9.99. The number of hydrogen-bond donors (Lipinski definition) is 0. The maximum atomic E-state index is 2.31. The van der Waals surface area contributed by atoms with Gasteiger partial charge >= 0.3 is 0 Å². The molecule has 0 heteroatoms. The van der Waals surface area contributed by atoms with E-state index in [1.54, 1.807) is 0 Å². The third-order valence-corrected chi connectivity index (χ3v) is 3.62. The van der Waals surface area contributed by atoms with Gasteiger partial charge in [-0.05, 0) is 42.9 Å². The molecule has 0 saturated heterocycles. The lowest BCUT2D eigenvalue weighted by molar-refractivity contribution is 0.509. The molecule has 0 radical (unpaired) electrons. The summed E-state index contributed by atoms with van der Waals surface area (Å²) >= 11 is 0. The Hall–Kier alpha value is -0.780. The molecule has 0 aliphatic carbocycles. The van der Waals surface area contributed by atoms with Crippen LogP contribution in [0.2, 0.25) is 0 Å². The summed E-state index contributed by atoms with van der Waals surface area (Å²) in [6, 6.07) is 6.51. The van der Waals surface area contributed by atoms with E-state index in [9.17, 15) is 0 Å². The first-order valence-corrected chi connectivity index (χ1v) is 9.03. The second-order valence-electron chi connectivity index (χ2n) is 6.13. The maximum absolute atomic E-state index is 2.31. The molecule has 0 N–H and O–H groups in total. The number of aryl methyl sites for hydroxylation is 2. The molecule has 0 heterocycles. The third-order valence-electron chi connectivity index (χ3n) is 3.62. The first-order chi connectivity index (χ1) is 9.98. The van der Waals surface area contributed by atoms with Crippen LogP contribution in [0.4, 0.5) is 0 Å². The van der Waals surface area contributed by atoms with Gasteiger partial charge in [0.1, 0.15) is 0 Å². The van der Waals surface area contributed by atoms with Crippen LogP contribution < -0.4 is 0 Å². The standard InChI is InChI=1S/C11H16.C7H16.C3H8/c1-4-6-11-9(2)7-5-8-10(11)3;1-4-6-7(3)5-2;1-3-2/h5,7-8H,4,6H2,1-3H3;7H,4-6H2,1-3H3;3H2,1-2H3. The first-order valence-electron chi connectivity index (χ1n) is 9.03. The molecule has 0 aliphatic heterocycles. The van der Waals surface area contributed by atoms with Crippen LogP contribution in [0, 0.1) is 19.8 Å². The molecule has 124 valence electrons. The Morgan fingerprint density at radius 3 is 1.62 bits per heavy atom. The van der Waals surface area contributed by atoms with E-state index < -0.39 is 0 Å². The van der Waals surface area contributed by atoms with Crippen LogP contribution in [0.25, 0.3) is 0 Å². The van der Waals surface area contributed by atoms with E-state index in [1.807, 2.05) is 0 Å². The Kier molecular flexibility index (Phi) is 16.7. The molecule has 0 bridgehead atoms. The molecule has 1 unspecified atom stereocenters. The second-order valence-corrected chi connectivity index (χ2v) is 6.13. The largest absolute Gasteiger partial charge is 0.0656 e. The fourth-order valence-corrected chi connectivity index (χ4v) is 2.19. The maximum Gasteiger partial charge on any atom is -0.0276 e. The fraction of sp³-hybridized carbons (Fsp3) is 0.714. The highest BCUT2D eigenvalue weighted by molar-refractivity contribution is 5.33. The zero-order valence-corrected chi connectivity index (χ0v) is 16.1. The van der Waals surface area contributed by atoms with Crippen molar-refractivity contribution in [2.24, 2.45) is 5.92 Å². The van der Waals surface area contributed by atoms with Crippen molar-refractivity contribution in [2.45, 2.75) is 93.9 Å². The van der Waals surface area contributed by atoms with Crippen LogP contribution in [0.3, 0.4) is 0 Å². The minimum absolute atomic E-state index is 0.949. The average Bonchev–Trinajstić information content (AvgIpc) is 2.45. The van der Waals surface area contributed by atoms with E-state index >= 15 is 0 Å². The predicted octanol–water partition coefficient (Wildman–Crippen LogP) is 7.50. The van der Waals surface area contributed by atoms with Crippen molar-refractivity contribution in [3.63, 3.8) is 0 Å². The zero-order chi connectivity index (χ0) is 16.7. The lowest BCUT2D eigenvalue weighted by Crippen LogP contribution is -1.91. The van der Waals surface area contributed by atoms with Crippen molar-refractivity contribution in [1.29, 1.82) is 0 Å². The van der Waals surface area contributed by atoms with Gasteiger partial charge in [0.05, 0.1) is 0 Å². The van der Waals surface area contributed by atoms with Crippen LogP contribution in [-0.2, 0) is 6.42 Å². The molecular formula is C21H40. The van der Waals surface area contributed by atoms with Crippen molar-refractivity contribution < 1.29 is 0 Å². The highest BCUT2D eigenvalue weighted by atomic mass is 14.0. The van der Waals surface area contributed by atoms with E-state index in [-0.39, 0.29) is 0 Å². The molecule has 1 aromatic rings. The van der Waals surface area contributed by atoms with E-state index in [2.05, 4.69) is 73.6 Å². The molecule has 1 atom stereocenters. The Bertz CT molecular complexity index is 305. The molecule has 0 aliphatic rings. The number of hydrogen-bond acceptors (Lipinski definition) is 0. The Labute approximate surface area is 135 Å². The average molecular weight is 293 g/mol. The molecule has 21 heavy (non-hydrogen) atoms. The summed E-state index contributed by atoms with van der Waals surface area (Å²) in [5, 5.41) is 0. The number of rotatable bonds is 5. The lowest BCUT2D eigenvalue weighted by Gasteiger charge is -2.06. The summed E-state index contributed by atoms with van der Waals surface area (Å²) < 4.78 is 0. The molecule has 0 aromatic heterocycles. The van der Waals surface area contributed by atoms with Gasteiger partial charge in [0.25, 0.3) is 0 Å². The van der Waals surface area contributed by atoms with Gasteiger partial charge in [-0.3, -0.25) is 0 Å². The van der Waals surface area contributed by atoms with Gasteiger partial charge in [0.2, 0.25) is 0 Å². The van der Waals surface area contributed by atoms with Crippen molar-refractivity contribution in [3.8, 4) is 0 Å². The Morgan fingerprint density at radius 2 is 1.33 bits per heavy atom. The van der Waals surface area contributed by atoms with E-state index in [1.165, 1.54) is 55.2 Å². The zero-order valence-electron chi connectivity index (χ0n) is 16.1. The molecule has 0 spiro atoms. The predicted molar refractivity (Wildman–Crippen MR) is 100 cm³/mol. The van der Waals surface area contributed by atoms with Gasteiger partial charge in [-0.2, -0.15) is 0 Å². The molecule has 0 nitrogen and oxygen atoms in total. The van der Waals surface area contributed by atoms with Crippen molar-refractivity contribution in [1.82, 2.24) is 0 Å². The SMILES string of the molecule is CCC.CCCC(C)CC.CCCc1c(C)cccc1C. The van der Waals surface area contributed by atoms with Crippen LogP contribution in [0.15, 0.2) is 18.2 Å². The topological polar surface area (TPSA) is 0 Å². The molecular weight excluding hydrogens is 252 g/mol. The van der Waals surface area contributed by atoms with Crippen molar-refractivity contribution in [3.05, 3.63) is 34.9 Å².